The van der Waals surface area contributed by atoms with E-state index in [1.165, 1.54) is 4.90 Å². The first kappa shape index (κ1) is 14.6. The van der Waals surface area contributed by atoms with Crippen LogP contribution in [0.2, 0.25) is 0 Å². The zero-order chi connectivity index (χ0) is 14.7. The second-order valence-electron chi connectivity index (χ2n) is 5.18. The van der Waals surface area contributed by atoms with E-state index in [0.29, 0.717) is 19.5 Å². The molecule has 5 nitrogen and oxygen atoms in total. The summed E-state index contributed by atoms with van der Waals surface area (Å²) in [5.74, 6) is -2.03. The number of carbonyl (C=O) groups is 1. The maximum atomic E-state index is 14.0. The highest BCUT2D eigenvalue weighted by Crippen LogP contribution is 2.32. The van der Waals surface area contributed by atoms with Crippen LogP contribution in [0.1, 0.15) is 26.7 Å². The number of hydrogen-bond donors (Lipinski definition) is 1. The van der Waals surface area contributed by atoms with Crippen LogP contribution in [0.5, 0.6) is 0 Å². The zero-order valence-electron chi connectivity index (χ0n) is 11.8. The Morgan fingerprint density at radius 1 is 1.50 bits per heavy atom. The molecule has 20 heavy (non-hydrogen) atoms. The molecule has 0 radical (unpaired) electrons. The summed E-state index contributed by atoms with van der Waals surface area (Å²) in [6.45, 7) is 4.96. The van der Waals surface area contributed by atoms with Crippen molar-refractivity contribution in [3.63, 3.8) is 0 Å². The van der Waals surface area contributed by atoms with E-state index >= 15 is 0 Å². The molecule has 1 aromatic rings. The third kappa shape index (κ3) is 2.69. The van der Waals surface area contributed by atoms with Gasteiger partial charge in [-0.1, -0.05) is 20.3 Å². The van der Waals surface area contributed by atoms with Crippen molar-refractivity contribution in [1.82, 2.24) is 14.5 Å². The van der Waals surface area contributed by atoms with Gasteiger partial charge < -0.3 is 14.6 Å². The monoisotopic (exact) mass is 281 g/mol. The molecule has 1 aliphatic heterocycles. The minimum absolute atomic E-state index is 0.0168. The van der Waals surface area contributed by atoms with Gasteiger partial charge >= 0.3 is 0 Å². The normalized spacial score (nSPS) is 20.9. The van der Waals surface area contributed by atoms with Crippen LogP contribution in [0.25, 0.3) is 0 Å². The summed E-state index contributed by atoms with van der Waals surface area (Å²) in [5.41, 5.74) is 0. The summed E-state index contributed by atoms with van der Waals surface area (Å²) >= 11 is 0. The fraction of sp³-hybridized carbons (Fsp3) is 0.571. The van der Waals surface area contributed by atoms with E-state index in [9.17, 15) is 14.3 Å². The number of aliphatic hydroxyl groups is 1. The lowest BCUT2D eigenvalue weighted by molar-refractivity contribution is -0.130. The zero-order valence-corrected chi connectivity index (χ0v) is 11.8. The van der Waals surface area contributed by atoms with Gasteiger partial charge in [-0.3, -0.25) is 4.79 Å². The Morgan fingerprint density at radius 3 is 2.85 bits per heavy atom. The van der Waals surface area contributed by atoms with Crippen molar-refractivity contribution < 1.29 is 14.3 Å². The summed E-state index contributed by atoms with van der Waals surface area (Å²) in [6.07, 6.45) is 6.67. The largest absolute Gasteiger partial charge is 0.501 e. The van der Waals surface area contributed by atoms with E-state index in [1.807, 2.05) is 24.6 Å². The number of aliphatic hydroxyl groups excluding tert-OH is 1. The number of amides is 1. The summed E-state index contributed by atoms with van der Waals surface area (Å²) in [7, 11) is 0. The number of hydrogen-bond acceptors (Lipinski definition) is 3. The van der Waals surface area contributed by atoms with Crippen LogP contribution in [0, 0.1) is 5.92 Å². The summed E-state index contributed by atoms with van der Waals surface area (Å²) in [5, 5.41) is 9.53. The molecule has 2 unspecified atom stereocenters. The molecule has 0 fully saturated rings. The van der Waals surface area contributed by atoms with E-state index in [2.05, 4.69) is 4.98 Å². The molecule has 1 amide bonds. The molecule has 0 bridgehead atoms. The van der Waals surface area contributed by atoms with Gasteiger partial charge in [0.2, 0.25) is 5.76 Å². The van der Waals surface area contributed by atoms with Gasteiger partial charge in [0.25, 0.3) is 5.91 Å². The standard InChI is InChI=1S/C14H20FN3O2/c1-3-10(2)12-11(15)13(19)14(20)18(12)7-4-6-17-8-5-16-9-17/h5,8-10,12,19H,3-4,6-7H2,1-2H3. The van der Waals surface area contributed by atoms with Crippen LogP contribution in [-0.2, 0) is 11.3 Å². The predicted molar refractivity (Wildman–Crippen MR) is 72.6 cm³/mol. The molecule has 2 rings (SSSR count). The number of aromatic nitrogens is 2. The lowest BCUT2D eigenvalue weighted by Gasteiger charge is -2.28. The Balaban J connectivity index is 2.00. The molecular formula is C14H20FN3O2. The van der Waals surface area contributed by atoms with E-state index in [1.54, 1.807) is 12.5 Å². The van der Waals surface area contributed by atoms with Crippen molar-refractivity contribution in [1.29, 1.82) is 0 Å². The molecule has 0 saturated heterocycles. The number of rotatable bonds is 6. The van der Waals surface area contributed by atoms with Crippen molar-refractivity contribution in [2.45, 2.75) is 39.3 Å². The van der Waals surface area contributed by atoms with E-state index < -0.39 is 23.5 Å². The third-order valence-electron chi connectivity index (χ3n) is 3.84. The maximum absolute atomic E-state index is 14.0. The quantitative estimate of drug-likeness (QED) is 0.870. The summed E-state index contributed by atoms with van der Waals surface area (Å²) < 4.78 is 15.9. The van der Waals surface area contributed by atoms with Crippen LogP contribution in [0.4, 0.5) is 4.39 Å². The molecule has 110 valence electrons. The second-order valence-corrected chi connectivity index (χ2v) is 5.18. The van der Waals surface area contributed by atoms with Crippen LogP contribution in [0.15, 0.2) is 30.3 Å². The summed E-state index contributed by atoms with van der Waals surface area (Å²) in [4.78, 5) is 17.3. The van der Waals surface area contributed by atoms with E-state index in [0.717, 1.165) is 6.42 Å². The van der Waals surface area contributed by atoms with Crippen LogP contribution in [-0.4, -0.2) is 38.1 Å². The van der Waals surface area contributed by atoms with E-state index in [4.69, 9.17) is 0 Å². The Kier molecular flexibility index (Phi) is 4.42. The van der Waals surface area contributed by atoms with Crippen LogP contribution >= 0.6 is 0 Å². The van der Waals surface area contributed by atoms with Gasteiger partial charge in [-0.2, -0.15) is 0 Å². The Bertz CT molecular complexity index is 499. The molecule has 1 aromatic heterocycles. The molecule has 6 heteroatoms. The topological polar surface area (TPSA) is 58.4 Å². The first-order valence-corrected chi connectivity index (χ1v) is 6.91. The molecule has 1 N–H and O–H groups in total. The van der Waals surface area contributed by atoms with Crippen LogP contribution < -0.4 is 0 Å². The van der Waals surface area contributed by atoms with Crippen molar-refractivity contribution in [2.75, 3.05) is 6.54 Å². The first-order chi connectivity index (χ1) is 9.56. The predicted octanol–water partition coefficient (Wildman–Crippen LogP) is 2.27. The molecule has 2 atom stereocenters. The number of imidazole rings is 1. The minimum Gasteiger partial charge on any atom is -0.501 e. The maximum Gasteiger partial charge on any atom is 0.292 e. The molecule has 1 aliphatic rings. The second kappa shape index (κ2) is 6.07. The Morgan fingerprint density at radius 2 is 2.25 bits per heavy atom. The minimum atomic E-state index is -0.724. The highest BCUT2D eigenvalue weighted by atomic mass is 19.1. The van der Waals surface area contributed by atoms with Crippen LogP contribution in [0.3, 0.4) is 0 Å². The fourth-order valence-electron chi connectivity index (χ4n) is 2.50. The van der Waals surface area contributed by atoms with Crippen molar-refractivity contribution >= 4 is 5.91 Å². The smallest absolute Gasteiger partial charge is 0.292 e. The highest BCUT2D eigenvalue weighted by Gasteiger charge is 2.42. The van der Waals surface area contributed by atoms with E-state index in [-0.39, 0.29) is 5.92 Å². The fourth-order valence-corrected chi connectivity index (χ4v) is 2.50. The highest BCUT2D eigenvalue weighted by molar-refractivity contribution is 5.94. The lowest BCUT2D eigenvalue weighted by atomic mass is 9.98. The molecular weight excluding hydrogens is 261 g/mol. The summed E-state index contributed by atoms with van der Waals surface area (Å²) in [6, 6.07) is -0.629. The molecule has 0 spiro atoms. The SMILES string of the molecule is CCC(C)C1C(F)=C(O)C(=O)N1CCCn1ccnc1. The number of aryl methyl sites for hydroxylation is 1. The average Bonchev–Trinajstić information content (AvgIpc) is 3.02. The number of nitrogens with zero attached hydrogens (tertiary/aromatic N) is 3. The van der Waals surface area contributed by atoms with Gasteiger partial charge in [0.1, 0.15) is 0 Å². The van der Waals surface area contributed by atoms with Gasteiger partial charge in [-0.15, -0.1) is 0 Å². The van der Waals surface area contributed by atoms with Gasteiger partial charge in [0, 0.05) is 25.5 Å². The first-order valence-electron chi connectivity index (χ1n) is 6.91. The molecule has 0 saturated carbocycles. The molecule has 2 heterocycles. The number of carbonyl (C=O) groups excluding carboxylic acids is 1. The van der Waals surface area contributed by atoms with Crippen molar-refractivity contribution in [3.8, 4) is 0 Å². The third-order valence-corrected chi connectivity index (χ3v) is 3.84. The van der Waals surface area contributed by atoms with Crippen molar-refractivity contribution in [3.05, 3.63) is 30.3 Å². The Labute approximate surface area is 117 Å². The van der Waals surface area contributed by atoms with Gasteiger partial charge in [-0.25, -0.2) is 9.37 Å². The van der Waals surface area contributed by atoms with Crippen molar-refractivity contribution in [2.24, 2.45) is 5.92 Å². The molecule has 0 aliphatic carbocycles. The number of halogens is 1. The van der Waals surface area contributed by atoms with Gasteiger partial charge in [0.15, 0.2) is 5.83 Å². The lowest BCUT2D eigenvalue weighted by Crippen LogP contribution is -2.40. The Hall–Kier alpha value is -1.85. The van der Waals surface area contributed by atoms with Gasteiger partial charge in [0.05, 0.1) is 12.4 Å². The average molecular weight is 281 g/mol. The van der Waals surface area contributed by atoms with Gasteiger partial charge in [-0.05, 0) is 12.3 Å². The molecule has 0 aromatic carbocycles.